The van der Waals surface area contributed by atoms with E-state index in [1.165, 1.54) is 6.20 Å². The summed E-state index contributed by atoms with van der Waals surface area (Å²) < 4.78 is 56.0. The number of halogens is 5. The van der Waals surface area contributed by atoms with E-state index in [4.69, 9.17) is 16.3 Å². The van der Waals surface area contributed by atoms with E-state index in [9.17, 15) is 17.6 Å². The molecule has 0 aliphatic carbocycles. The van der Waals surface area contributed by atoms with Crippen molar-refractivity contribution in [2.45, 2.75) is 19.0 Å². The third kappa shape index (κ3) is 3.60. The average Bonchev–Trinajstić information content (AvgIpc) is 2.40. The fraction of sp³-hybridized carbons (Fsp3) is 0.231. The molecule has 3 nitrogen and oxygen atoms in total. The molecule has 0 saturated carbocycles. The zero-order valence-electron chi connectivity index (χ0n) is 10.7. The van der Waals surface area contributed by atoms with E-state index in [1.807, 2.05) is 0 Å². The lowest BCUT2D eigenvalue weighted by Crippen LogP contribution is -2.08. The lowest BCUT2D eigenvalue weighted by molar-refractivity contribution is -0.140. The van der Waals surface area contributed by atoms with Gasteiger partial charge in [0.15, 0.2) is 0 Å². The van der Waals surface area contributed by atoms with Crippen LogP contribution in [-0.2, 0) is 12.1 Å². The number of alkyl halides is 4. The number of ether oxygens (including phenoxy) is 1. The van der Waals surface area contributed by atoms with Gasteiger partial charge in [0.1, 0.15) is 11.6 Å². The highest BCUT2D eigenvalue weighted by Crippen LogP contribution is 2.34. The van der Waals surface area contributed by atoms with Gasteiger partial charge in [-0.15, -0.1) is 11.6 Å². The zero-order chi connectivity index (χ0) is 15.6. The zero-order valence-corrected chi connectivity index (χ0v) is 11.5. The summed E-state index contributed by atoms with van der Waals surface area (Å²) in [6.07, 6.45) is -3.39. The molecule has 0 fully saturated rings. The molecular formula is C13H9ClF4N2O. The van der Waals surface area contributed by atoms with E-state index in [1.54, 1.807) is 6.92 Å². The summed E-state index contributed by atoms with van der Waals surface area (Å²) in [5.41, 5.74) is -0.179. The van der Waals surface area contributed by atoms with Gasteiger partial charge in [-0.25, -0.2) is 9.37 Å². The molecule has 0 spiro atoms. The lowest BCUT2D eigenvalue weighted by atomic mass is 10.2. The Kier molecular flexibility index (Phi) is 4.32. The molecule has 112 valence electrons. The van der Waals surface area contributed by atoms with E-state index in [0.29, 0.717) is 23.4 Å². The summed E-state index contributed by atoms with van der Waals surface area (Å²) >= 11 is 5.65. The van der Waals surface area contributed by atoms with Crippen LogP contribution in [0.5, 0.6) is 11.8 Å². The summed E-state index contributed by atoms with van der Waals surface area (Å²) in [7, 11) is 0. The number of hydrogen-bond donors (Lipinski definition) is 0. The van der Waals surface area contributed by atoms with E-state index < -0.39 is 17.6 Å². The number of aromatic nitrogens is 2. The summed E-state index contributed by atoms with van der Waals surface area (Å²) in [5, 5.41) is 0. The second kappa shape index (κ2) is 5.85. The van der Waals surface area contributed by atoms with Gasteiger partial charge in [0.05, 0.1) is 11.4 Å². The van der Waals surface area contributed by atoms with Crippen LogP contribution < -0.4 is 4.74 Å². The molecule has 0 saturated heterocycles. The first-order chi connectivity index (χ1) is 9.81. The Morgan fingerprint density at radius 2 is 2.00 bits per heavy atom. The first kappa shape index (κ1) is 15.5. The van der Waals surface area contributed by atoms with Crippen LogP contribution in [0.2, 0.25) is 0 Å². The van der Waals surface area contributed by atoms with Gasteiger partial charge in [0.25, 0.3) is 0 Å². The Morgan fingerprint density at radius 3 is 2.57 bits per heavy atom. The molecule has 2 aromatic rings. The molecule has 0 unspecified atom stereocenters. The highest BCUT2D eigenvalue weighted by molar-refractivity contribution is 6.17. The van der Waals surface area contributed by atoms with Crippen LogP contribution in [0.15, 0.2) is 24.4 Å². The second-order valence-electron chi connectivity index (χ2n) is 4.14. The van der Waals surface area contributed by atoms with Crippen LogP contribution in [0.1, 0.15) is 16.8 Å². The van der Waals surface area contributed by atoms with Crippen LogP contribution in [-0.4, -0.2) is 9.97 Å². The topological polar surface area (TPSA) is 35.0 Å². The molecule has 0 N–H and O–H groups in total. The van der Waals surface area contributed by atoms with Crippen molar-refractivity contribution in [3.05, 3.63) is 47.0 Å². The molecule has 0 bridgehead atoms. The second-order valence-corrected chi connectivity index (χ2v) is 4.41. The highest BCUT2D eigenvalue weighted by Gasteiger charge is 2.34. The highest BCUT2D eigenvalue weighted by atomic mass is 35.5. The van der Waals surface area contributed by atoms with Gasteiger partial charge in [-0.1, -0.05) is 0 Å². The summed E-state index contributed by atoms with van der Waals surface area (Å²) in [4.78, 5) is 7.79. The largest absolute Gasteiger partial charge is 0.424 e. The van der Waals surface area contributed by atoms with E-state index in [0.717, 1.165) is 6.07 Å². The van der Waals surface area contributed by atoms with E-state index in [-0.39, 0.29) is 17.6 Å². The van der Waals surface area contributed by atoms with Crippen molar-refractivity contribution in [3.63, 3.8) is 0 Å². The maximum atomic E-state index is 13.1. The van der Waals surface area contributed by atoms with Crippen LogP contribution in [0, 0.1) is 12.7 Å². The van der Waals surface area contributed by atoms with Gasteiger partial charge in [-0.3, -0.25) is 0 Å². The maximum Gasteiger partial charge on any atom is 0.419 e. The van der Waals surface area contributed by atoms with Crippen molar-refractivity contribution < 1.29 is 22.3 Å². The van der Waals surface area contributed by atoms with Crippen molar-refractivity contribution in [3.8, 4) is 11.8 Å². The van der Waals surface area contributed by atoms with Crippen molar-refractivity contribution in [1.82, 2.24) is 9.97 Å². The van der Waals surface area contributed by atoms with Crippen molar-refractivity contribution in [2.24, 2.45) is 0 Å². The third-order valence-corrected chi connectivity index (χ3v) is 2.94. The Balaban J connectivity index is 2.30. The fourth-order valence-electron chi connectivity index (χ4n) is 1.54. The molecule has 0 atom stereocenters. The van der Waals surface area contributed by atoms with Gasteiger partial charge in [0.2, 0.25) is 0 Å². The summed E-state index contributed by atoms with van der Waals surface area (Å²) in [6, 6.07) is 2.17. The predicted molar refractivity (Wildman–Crippen MR) is 67.8 cm³/mol. The van der Waals surface area contributed by atoms with Gasteiger partial charge >= 0.3 is 12.2 Å². The minimum Gasteiger partial charge on any atom is -0.424 e. The van der Waals surface area contributed by atoms with Gasteiger partial charge in [-0.2, -0.15) is 18.2 Å². The molecule has 0 aliphatic heterocycles. The number of rotatable bonds is 3. The first-order valence-electron chi connectivity index (χ1n) is 5.74. The lowest BCUT2D eigenvalue weighted by Gasteiger charge is -2.10. The molecule has 1 aromatic carbocycles. The van der Waals surface area contributed by atoms with Gasteiger partial charge < -0.3 is 4.74 Å². The van der Waals surface area contributed by atoms with E-state index >= 15 is 0 Å². The molecule has 2 rings (SSSR count). The molecule has 21 heavy (non-hydrogen) atoms. The van der Waals surface area contributed by atoms with Gasteiger partial charge in [-0.05, 0) is 25.1 Å². The quantitative estimate of drug-likeness (QED) is 0.618. The molecule has 0 amide bonds. The Hall–Kier alpha value is -1.89. The normalized spacial score (nSPS) is 11.5. The standard InChI is InChI=1S/C13H9ClF4N2O/c1-7-8(5-14)6-19-12(20-7)21-9-2-3-11(15)10(4-9)13(16,17)18/h2-4,6H,5H2,1H3. The maximum absolute atomic E-state index is 13.1. The summed E-state index contributed by atoms with van der Waals surface area (Å²) in [6.45, 7) is 1.66. The first-order valence-corrected chi connectivity index (χ1v) is 6.28. The van der Waals surface area contributed by atoms with Crippen LogP contribution in [0.3, 0.4) is 0 Å². The molecule has 0 radical (unpaired) electrons. The minimum atomic E-state index is -4.80. The Bertz CT molecular complexity index is 661. The van der Waals surface area contributed by atoms with Crippen molar-refractivity contribution in [2.75, 3.05) is 0 Å². The predicted octanol–water partition coefficient (Wildman–Crippen LogP) is 4.47. The average molecular weight is 321 g/mol. The van der Waals surface area contributed by atoms with E-state index in [2.05, 4.69) is 9.97 Å². The fourth-order valence-corrected chi connectivity index (χ4v) is 1.80. The minimum absolute atomic E-state index is 0.138. The Labute approximate surface area is 122 Å². The summed E-state index contributed by atoms with van der Waals surface area (Å²) in [5.74, 6) is -1.37. The number of hydrogen-bond acceptors (Lipinski definition) is 3. The molecular weight excluding hydrogens is 312 g/mol. The molecule has 1 aromatic heterocycles. The third-order valence-electron chi connectivity index (χ3n) is 2.66. The molecule has 0 aliphatic rings. The van der Waals surface area contributed by atoms with Crippen LogP contribution in [0.4, 0.5) is 17.6 Å². The number of nitrogens with zero attached hydrogens (tertiary/aromatic N) is 2. The number of benzene rings is 1. The van der Waals surface area contributed by atoms with Gasteiger partial charge in [0, 0.05) is 17.5 Å². The van der Waals surface area contributed by atoms with Crippen molar-refractivity contribution in [1.29, 1.82) is 0 Å². The molecule has 8 heteroatoms. The Morgan fingerprint density at radius 1 is 1.29 bits per heavy atom. The molecule has 1 heterocycles. The SMILES string of the molecule is Cc1nc(Oc2ccc(F)c(C(F)(F)F)c2)ncc1CCl. The monoisotopic (exact) mass is 320 g/mol. The van der Waals surface area contributed by atoms with Crippen molar-refractivity contribution >= 4 is 11.6 Å². The van der Waals surface area contributed by atoms with Crippen LogP contribution in [0.25, 0.3) is 0 Å². The van der Waals surface area contributed by atoms with Crippen LogP contribution >= 0.6 is 11.6 Å². The number of aryl methyl sites for hydroxylation is 1. The smallest absolute Gasteiger partial charge is 0.419 e.